The molecule has 7 heteroatoms. The molecule has 0 aliphatic carbocycles. The maximum Gasteiger partial charge on any atom is 0.317 e. The van der Waals surface area contributed by atoms with Crippen molar-refractivity contribution in [3.8, 4) is 17.2 Å². The third-order valence-electron chi connectivity index (χ3n) is 6.65. The van der Waals surface area contributed by atoms with Gasteiger partial charge in [-0.2, -0.15) is 0 Å². The summed E-state index contributed by atoms with van der Waals surface area (Å²) in [6.07, 6.45) is 3.09. The first kappa shape index (κ1) is 23.2. The zero-order valence-electron chi connectivity index (χ0n) is 19.7. The molecule has 1 saturated heterocycles. The van der Waals surface area contributed by atoms with E-state index in [1.807, 2.05) is 47.4 Å². The van der Waals surface area contributed by atoms with Gasteiger partial charge in [0.05, 0.1) is 20.8 Å². The fraction of sp³-hybridized carbons (Fsp3) is 0.500. The maximum absolute atomic E-state index is 12.7. The molecule has 1 fully saturated rings. The van der Waals surface area contributed by atoms with Gasteiger partial charge in [-0.3, -0.25) is 0 Å². The van der Waals surface area contributed by atoms with E-state index < -0.39 is 0 Å². The molecule has 0 radical (unpaired) electrons. The zero-order valence-corrected chi connectivity index (χ0v) is 19.7. The van der Waals surface area contributed by atoms with Gasteiger partial charge in [-0.25, -0.2) is 4.79 Å². The summed E-state index contributed by atoms with van der Waals surface area (Å²) in [6, 6.07) is 14.0. The van der Waals surface area contributed by atoms with Crippen LogP contribution in [0.4, 0.5) is 4.79 Å². The molecule has 1 N–H and O–H groups in total. The van der Waals surface area contributed by atoms with Crippen LogP contribution in [0.25, 0.3) is 0 Å². The number of carbonyl (C=O) groups is 1. The fourth-order valence-electron chi connectivity index (χ4n) is 4.60. The predicted octanol–water partition coefficient (Wildman–Crippen LogP) is 3.56. The normalized spacial score (nSPS) is 16.7. The van der Waals surface area contributed by atoms with Crippen LogP contribution in [-0.2, 0) is 13.0 Å². The number of fused-ring (bicyclic) bond motifs is 1. The summed E-state index contributed by atoms with van der Waals surface area (Å²) < 4.78 is 16.7. The Hall–Kier alpha value is -2.93. The first-order valence-electron chi connectivity index (χ1n) is 11.8. The Morgan fingerprint density at radius 1 is 1.00 bits per heavy atom. The highest BCUT2D eigenvalue weighted by Crippen LogP contribution is 2.33. The number of benzene rings is 2. The zero-order chi connectivity index (χ0) is 23.0. The van der Waals surface area contributed by atoms with Crippen LogP contribution in [0.5, 0.6) is 17.2 Å². The minimum Gasteiger partial charge on any atom is -0.493 e. The summed E-state index contributed by atoms with van der Waals surface area (Å²) >= 11 is 0. The summed E-state index contributed by atoms with van der Waals surface area (Å²) in [5.41, 5.74) is 2.34. The van der Waals surface area contributed by atoms with E-state index >= 15 is 0 Å². The third-order valence-corrected chi connectivity index (χ3v) is 6.65. The lowest BCUT2D eigenvalue weighted by Crippen LogP contribution is -2.46. The quantitative estimate of drug-likeness (QED) is 0.662. The van der Waals surface area contributed by atoms with Gasteiger partial charge in [0.2, 0.25) is 0 Å². The van der Waals surface area contributed by atoms with Crippen LogP contribution in [0.2, 0.25) is 0 Å². The topological polar surface area (TPSA) is 63.3 Å². The molecule has 178 valence electrons. The molecular formula is C26H35N3O4. The Labute approximate surface area is 196 Å². The molecule has 2 aliphatic heterocycles. The summed E-state index contributed by atoms with van der Waals surface area (Å²) in [5, 5.41) is 3.10. The molecule has 2 aromatic rings. The standard InChI is InChI=1S/C26H35N3O4/c1-31-24-16-21-10-14-29(18-22(21)17-25(24)32-2)26(30)27-11-15-28-12-8-20(9-13-28)19-33-23-6-4-3-5-7-23/h3-7,16-17,20H,8-15,18-19H2,1-2H3,(H,27,30). The van der Waals surface area contributed by atoms with E-state index in [9.17, 15) is 4.79 Å². The average Bonchev–Trinajstić information content (AvgIpc) is 2.87. The number of methoxy groups -OCH3 is 2. The van der Waals surface area contributed by atoms with E-state index in [1.165, 1.54) is 5.56 Å². The van der Waals surface area contributed by atoms with Gasteiger partial charge in [-0.1, -0.05) is 18.2 Å². The molecular weight excluding hydrogens is 418 g/mol. The van der Waals surface area contributed by atoms with Gasteiger partial charge in [0.25, 0.3) is 0 Å². The molecule has 0 spiro atoms. The predicted molar refractivity (Wildman–Crippen MR) is 128 cm³/mol. The van der Waals surface area contributed by atoms with Gasteiger partial charge in [0, 0.05) is 26.2 Å². The lowest BCUT2D eigenvalue weighted by atomic mass is 9.98. The van der Waals surface area contributed by atoms with Crippen molar-refractivity contribution in [1.29, 1.82) is 0 Å². The monoisotopic (exact) mass is 453 g/mol. The number of amides is 2. The number of hydrogen-bond donors (Lipinski definition) is 1. The number of rotatable bonds is 8. The van der Waals surface area contributed by atoms with Crippen LogP contribution in [0, 0.1) is 5.92 Å². The minimum atomic E-state index is 0.00146. The van der Waals surface area contributed by atoms with Crippen molar-refractivity contribution < 1.29 is 19.0 Å². The molecule has 33 heavy (non-hydrogen) atoms. The molecule has 2 heterocycles. The van der Waals surface area contributed by atoms with Crippen LogP contribution in [-0.4, -0.2) is 69.4 Å². The average molecular weight is 454 g/mol. The molecule has 0 unspecified atom stereocenters. The fourth-order valence-corrected chi connectivity index (χ4v) is 4.60. The second-order valence-electron chi connectivity index (χ2n) is 8.79. The lowest BCUT2D eigenvalue weighted by Gasteiger charge is -2.32. The van der Waals surface area contributed by atoms with Crippen LogP contribution in [0.15, 0.2) is 42.5 Å². The Bertz CT molecular complexity index is 913. The molecule has 2 aliphatic rings. The van der Waals surface area contributed by atoms with Crippen molar-refractivity contribution in [1.82, 2.24) is 15.1 Å². The van der Waals surface area contributed by atoms with Crippen LogP contribution in [0.3, 0.4) is 0 Å². The molecule has 7 nitrogen and oxygen atoms in total. The first-order chi connectivity index (χ1) is 16.2. The summed E-state index contributed by atoms with van der Waals surface area (Å²) in [7, 11) is 3.28. The van der Waals surface area contributed by atoms with E-state index in [0.29, 0.717) is 31.3 Å². The third kappa shape index (κ3) is 6.11. The Balaban J connectivity index is 1.16. The van der Waals surface area contributed by atoms with Crippen molar-refractivity contribution in [2.75, 3.05) is 53.6 Å². The number of likely N-dealkylation sites (tertiary alicyclic amines) is 1. The smallest absolute Gasteiger partial charge is 0.317 e. The maximum atomic E-state index is 12.7. The number of carbonyl (C=O) groups excluding carboxylic acids is 1. The van der Waals surface area contributed by atoms with Crippen molar-refractivity contribution in [3.05, 3.63) is 53.6 Å². The number of ether oxygens (including phenoxy) is 3. The number of piperidine rings is 1. The van der Waals surface area contributed by atoms with Gasteiger partial charge < -0.3 is 29.3 Å². The van der Waals surface area contributed by atoms with E-state index in [2.05, 4.69) is 10.2 Å². The Morgan fingerprint density at radius 3 is 2.39 bits per heavy atom. The van der Waals surface area contributed by atoms with E-state index in [4.69, 9.17) is 14.2 Å². The molecule has 0 atom stereocenters. The van der Waals surface area contributed by atoms with Crippen LogP contribution in [0.1, 0.15) is 24.0 Å². The number of urea groups is 1. The first-order valence-corrected chi connectivity index (χ1v) is 11.8. The van der Waals surface area contributed by atoms with Crippen LogP contribution >= 0.6 is 0 Å². The van der Waals surface area contributed by atoms with Crippen molar-refractivity contribution >= 4 is 6.03 Å². The Morgan fingerprint density at radius 2 is 1.70 bits per heavy atom. The molecule has 2 amide bonds. The van der Waals surface area contributed by atoms with Crippen molar-refractivity contribution in [2.24, 2.45) is 5.92 Å². The summed E-state index contributed by atoms with van der Waals surface area (Å²) in [4.78, 5) is 17.0. The van der Waals surface area contributed by atoms with Gasteiger partial charge in [0.15, 0.2) is 11.5 Å². The second-order valence-corrected chi connectivity index (χ2v) is 8.79. The second kappa shape index (κ2) is 11.3. The highest BCUT2D eigenvalue weighted by molar-refractivity contribution is 5.74. The van der Waals surface area contributed by atoms with E-state index in [0.717, 1.165) is 62.6 Å². The van der Waals surface area contributed by atoms with E-state index in [1.54, 1.807) is 14.2 Å². The summed E-state index contributed by atoms with van der Waals surface area (Å²) in [6.45, 7) is 5.73. The summed E-state index contributed by atoms with van der Waals surface area (Å²) in [5.74, 6) is 2.99. The molecule has 0 saturated carbocycles. The molecule has 2 aromatic carbocycles. The molecule has 0 bridgehead atoms. The molecule has 0 aromatic heterocycles. The highest BCUT2D eigenvalue weighted by atomic mass is 16.5. The SMILES string of the molecule is COc1cc2c(cc1OC)CN(C(=O)NCCN1CCC(COc3ccccc3)CC1)CC2. The van der Waals surface area contributed by atoms with Gasteiger partial charge in [-0.15, -0.1) is 0 Å². The van der Waals surface area contributed by atoms with Crippen molar-refractivity contribution in [3.63, 3.8) is 0 Å². The Kier molecular flexibility index (Phi) is 7.94. The lowest BCUT2D eigenvalue weighted by molar-refractivity contribution is 0.140. The largest absolute Gasteiger partial charge is 0.493 e. The number of nitrogens with one attached hydrogen (secondary N) is 1. The van der Waals surface area contributed by atoms with Gasteiger partial charge in [0.1, 0.15) is 5.75 Å². The highest BCUT2D eigenvalue weighted by Gasteiger charge is 2.23. The number of nitrogens with zero attached hydrogens (tertiary/aromatic N) is 2. The van der Waals surface area contributed by atoms with Crippen LogP contribution < -0.4 is 19.5 Å². The number of hydrogen-bond acceptors (Lipinski definition) is 5. The van der Waals surface area contributed by atoms with Gasteiger partial charge in [-0.05, 0) is 73.7 Å². The number of para-hydroxylation sites is 1. The van der Waals surface area contributed by atoms with Gasteiger partial charge >= 0.3 is 6.03 Å². The van der Waals surface area contributed by atoms with Crippen molar-refractivity contribution in [2.45, 2.75) is 25.8 Å². The molecule has 4 rings (SSSR count). The van der Waals surface area contributed by atoms with E-state index in [-0.39, 0.29) is 6.03 Å². The minimum absolute atomic E-state index is 0.00146.